The average Bonchev–Trinajstić information content (AvgIpc) is 3.24. The molecule has 3 aliphatic rings. The van der Waals surface area contributed by atoms with Crippen molar-refractivity contribution in [1.29, 1.82) is 0 Å². The third-order valence-corrected chi connectivity index (χ3v) is 6.16. The number of hydrogen-bond acceptors (Lipinski definition) is 6. The minimum Gasteiger partial charge on any atom is -0.390 e. The zero-order valence-corrected chi connectivity index (χ0v) is 12.5. The molecule has 2 aromatic heterocycles. The number of rotatable bonds is 2. The third-order valence-electron chi connectivity index (χ3n) is 5.04. The van der Waals surface area contributed by atoms with Crippen molar-refractivity contribution in [3.63, 3.8) is 0 Å². The molecule has 5 nitrogen and oxygen atoms in total. The van der Waals surface area contributed by atoms with Crippen LogP contribution in [0.15, 0.2) is 4.52 Å². The zero-order valence-electron chi connectivity index (χ0n) is 11.7. The summed E-state index contributed by atoms with van der Waals surface area (Å²) in [7, 11) is 0. The average molecular weight is 303 g/mol. The van der Waals surface area contributed by atoms with E-state index in [1.165, 1.54) is 23.3 Å². The van der Waals surface area contributed by atoms with Gasteiger partial charge in [-0.2, -0.15) is 4.98 Å². The number of aromatic nitrogens is 2. The third kappa shape index (κ3) is 1.72. The molecule has 5 rings (SSSR count). The van der Waals surface area contributed by atoms with Crippen LogP contribution >= 0.6 is 11.3 Å². The summed E-state index contributed by atoms with van der Waals surface area (Å²) in [6.07, 6.45) is 7.42. The number of hydrogen-bond donors (Lipinski definition) is 1. The Morgan fingerprint density at radius 2 is 2.19 bits per heavy atom. The Hall–Kier alpha value is -1.40. The van der Waals surface area contributed by atoms with E-state index in [-0.39, 0.29) is 6.10 Å². The second-order valence-electron chi connectivity index (χ2n) is 6.27. The molecule has 2 saturated heterocycles. The van der Waals surface area contributed by atoms with Crippen LogP contribution < -0.4 is 5.73 Å². The summed E-state index contributed by atoms with van der Waals surface area (Å²) in [5, 5.41) is 5.04. The lowest BCUT2D eigenvalue weighted by Crippen LogP contribution is -2.15. The molecule has 1 aliphatic carbocycles. The van der Waals surface area contributed by atoms with Crippen molar-refractivity contribution in [1.82, 2.24) is 10.1 Å². The molecule has 2 aliphatic heterocycles. The molecule has 0 saturated carbocycles. The van der Waals surface area contributed by atoms with Crippen molar-refractivity contribution in [2.45, 2.75) is 56.7 Å². The molecule has 3 unspecified atom stereocenters. The van der Waals surface area contributed by atoms with Crippen LogP contribution in [0.4, 0.5) is 5.00 Å². The van der Waals surface area contributed by atoms with Gasteiger partial charge in [-0.05, 0) is 44.1 Å². The molecule has 2 bridgehead atoms. The highest BCUT2D eigenvalue weighted by molar-refractivity contribution is 7.16. The van der Waals surface area contributed by atoms with Gasteiger partial charge in [0.2, 0.25) is 0 Å². The molecule has 110 valence electrons. The van der Waals surface area contributed by atoms with Crippen molar-refractivity contribution in [2.24, 2.45) is 0 Å². The Labute approximate surface area is 126 Å². The van der Waals surface area contributed by atoms with Crippen LogP contribution in [0.5, 0.6) is 0 Å². The monoisotopic (exact) mass is 303 g/mol. The Morgan fingerprint density at radius 1 is 1.24 bits per heavy atom. The Bertz CT molecular complexity index is 708. The van der Waals surface area contributed by atoms with E-state index in [1.807, 2.05) is 0 Å². The Morgan fingerprint density at radius 3 is 3.00 bits per heavy atom. The van der Waals surface area contributed by atoms with E-state index in [2.05, 4.69) is 10.1 Å². The van der Waals surface area contributed by atoms with E-state index < -0.39 is 0 Å². The highest BCUT2D eigenvalue weighted by Gasteiger charge is 2.44. The molecule has 2 N–H and O–H groups in total. The fourth-order valence-corrected chi connectivity index (χ4v) is 5.21. The Kier molecular flexibility index (Phi) is 2.49. The maximum absolute atomic E-state index is 6.17. The first-order valence-corrected chi connectivity index (χ1v) is 8.50. The number of anilines is 1. The topological polar surface area (TPSA) is 74.2 Å². The molecule has 3 atom stereocenters. The van der Waals surface area contributed by atoms with Gasteiger partial charge in [0, 0.05) is 4.88 Å². The molecule has 0 spiro atoms. The number of thiophene rings is 1. The van der Waals surface area contributed by atoms with Crippen LogP contribution in [0.25, 0.3) is 11.5 Å². The normalized spacial score (nSPS) is 30.2. The van der Waals surface area contributed by atoms with E-state index >= 15 is 0 Å². The summed E-state index contributed by atoms with van der Waals surface area (Å²) in [4.78, 5) is 6.05. The minimum absolute atomic E-state index is 0.283. The maximum Gasteiger partial charge on any atom is 0.261 e. The number of nitrogens with zero attached hydrogens (tertiary/aromatic N) is 2. The highest BCUT2D eigenvalue weighted by atomic mass is 32.1. The van der Waals surface area contributed by atoms with Crippen molar-refractivity contribution in [3.05, 3.63) is 16.3 Å². The lowest BCUT2D eigenvalue weighted by Gasteiger charge is -2.13. The van der Waals surface area contributed by atoms with Crippen LogP contribution in [-0.4, -0.2) is 22.3 Å². The van der Waals surface area contributed by atoms with Gasteiger partial charge in [-0.25, -0.2) is 0 Å². The number of fused-ring (bicyclic) bond motifs is 3. The minimum atomic E-state index is 0.283. The summed E-state index contributed by atoms with van der Waals surface area (Å²) < 4.78 is 11.4. The summed E-state index contributed by atoms with van der Waals surface area (Å²) in [6.45, 7) is 0. The lowest BCUT2D eigenvalue weighted by atomic mass is 9.89. The maximum atomic E-state index is 6.17. The van der Waals surface area contributed by atoms with E-state index in [0.29, 0.717) is 17.9 Å². The van der Waals surface area contributed by atoms with Crippen molar-refractivity contribution < 1.29 is 9.26 Å². The molecule has 0 amide bonds. The molecule has 2 aromatic rings. The van der Waals surface area contributed by atoms with Gasteiger partial charge in [-0.1, -0.05) is 5.16 Å². The first-order chi connectivity index (χ1) is 10.3. The van der Waals surface area contributed by atoms with Crippen LogP contribution in [-0.2, 0) is 17.6 Å². The van der Waals surface area contributed by atoms with Gasteiger partial charge in [-0.15, -0.1) is 11.3 Å². The standard InChI is InChI=1S/C15H17N3O2S/c16-13-12(8-2-1-3-11(8)21-13)15-17-14(18-20-15)9-6-7-4-5-10(9)19-7/h7,9-10H,1-6,16H2. The van der Waals surface area contributed by atoms with Gasteiger partial charge in [0.1, 0.15) is 0 Å². The number of aryl methyl sites for hydroxylation is 1. The summed E-state index contributed by atoms with van der Waals surface area (Å²) >= 11 is 1.68. The molecular weight excluding hydrogens is 286 g/mol. The smallest absolute Gasteiger partial charge is 0.261 e. The summed E-state index contributed by atoms with van der Waals surface area (Å²) in [6, 6.07) is 0. The predicted octanol–water partition coefficient (Wildman–Crippen LogP) is 2.90. The zero-order chi connectivity index (χ0) is 14.0. The van der Waals surface area contributed by atoms with E-state index in [0.717, 1.165) is 42.1 Å². The van der Waals surface area contributed by atoms with Gasteiger partial charge in [0.15, 0.2) is 5.82 Å². The van der Waals surface area contributed by atoms with E-state index in [4.69, 9.17) is 15.0 Å². The highest BCUT2D eigenvalue weighted by Crippen LogP contribution is 2.46. The SMILES string of the molecule is Nc1sc2c(c1-c1nc(C3CC4CCC3O4)no1)CCC2. The fourth-order valence-electron chi connectivity index (χ4n) is 4.06. The molecule has 4 heterocycles. The largest absolute Gasteiger partial charge is 0.390 e. The quantitative estimate of drug-likeness (QED) is 0.923. The molecule has 0 radical (unpaired) electrons. The van der Waals surface area contributed by atoms with E-state index in [1.54, 1.807) is 11.3 Å². The number of nitrogen functional groups attached to an aromatic ring is 1. The second kappa shape index (κ2) is 4.30. The van der Waals surface area contributed by atoms with Gasteiger partial charge >= 0.3 is 0 Å². The fraction of sp³-hybridized carbons (Fsp3) is 0.600. The first kappa shape index (κ1) is 12.2. The van der Waals surface area contributed by atoms with Crippen molar-refractivity contribution in [2.75, 3.05) is 5.73 Å². The lowest BCUT2D eigenvalue weighted by molar-refractivity contribution is 0.0996. The van der Waals surface area contributed by atoms with Gasteiger partial charge in [-0.3, -0.25) is 0 Å². The molecule has 21 heavy (non-hydrogen) atoms. The van der Waals surface area contributed by atoms with Crippen molar-refractivity contribution >= 4 is 16.3 Å². The van der Waals surface area contributed by atoms with Crippen molar-refractivity contribution in [3.8, 4) is 11.5 Å². The van der Waals surface area contributed by atoms with Crippen LogP contribution in [0.2, 0.25) is 0 Å². The van der Waals surface area contributed by atoms with Gasteiger partial charge < -0.3 is 15.0 Å². The van der Waals surface area contributed by atoms with Crippen LogP contribution in [0.1, 0.15) is 47.9 Å². The molecule has 6 heteroatoms. The van der Waals surface area contributed by atoms with Gasteiger partial charge in [0.25, 0.3) is 5.89 Å². The molecule has 2 fully saturated rings. The van der Waals surface area contributed by atoms with Crippen LogP contribution in [0.3, 0.4) is 0 Å². The molecule has 0 aromatic carbocycles. The number of ether oxygens (including phenoxy) is 1. The van der Waals surface area contributed by atoms with E-state index in [9.17, 15) is 0 Å². The summed E-state index contributed by atoms with van der Waals surface area (Å²) in [5.74, 6) is 1.70. The second-order valence-corrected chi connectivity index (χ2v) is 7.41. The Balaban J connectivity index is 1.51. The predicted molar refractivity (Wildman–Crippen MR) is 79.3 cm³/mol. The summed E-state index contributed by atoms with van der Waals surface area (Å²) in [5.41, 5.74) is 8.50. The molecular formula is C15H17N3O2S. The first-order valence-electron chi connectivity index (χ1n) is 7.69. The van der Waals surface area contributed by atoms with Gasteiger partial charge in [0.05, 0.1) is 28.7 Å². The number of nitrogens with two attached hydrogens (primary N) is 1. The van der Waals surface area contributed by atoms with Crippen LogP contribution in [0, 0.1) is 0 Å².